The number of carbonyl (C=O) groups excluding carboxylic acids is 1. The summed E-state index contributed by atoms with van der Waals surface area (Å²) in [5.41, 5.74) is 0.699. The Labute approximate surface area is 115 Å². The Hall–Kier alpha value is -1.61. The van der Waals surface area contributed by atoms with Crippen LogP contribution in [0.25, 0.3) is 0 Å². The van der Waals surface area contributed by atoms with Crippen molar-refractivity contribution in [1.29, 1.82) is 0 Å². The van der Waals surface area contributed by atoms with Crippen molar-refractivity contribution in [2.24, 2.45) is 5.92 Å². The fourth-order valence-electron chi connectivity index (χ4n) is 1.44. The van der Waals surface area contributed by atoms with E-state index in [-0.39, 0.29) is 5.78 Å². The molecule has 0 aromatic heterocycles. The van der Waals surface area contributed by atoms with E-state index in [1.165, 1.54) is 0 Å². The standard InChI is InChI=1S/C16H22O3/c1-13(2)12-18-10-4-5-11-19-16-8-6-15(7-9-16)14(3)17/h4-9,13H,10-12H2,1-3H3. The van der Waals surface area contributed by atoms with Crippen LogP contribution < -0.4 is 4.74 Å². The Morgan fingerprint density at radius 1 is 1.16 bits per heavy atom. The van der Waals surface area contributed by atoms with Gasteiger partial charge in [0.1, 0.15) is 12.4 Å². The van der Waals surface area contributed by atoms with Crippen LogP contribution in [0.3, 0.4) is 0 Å². The Bertz CT molecular complexity index is 405. The fourth-order valence-corrected chi connectivity index (χ4v) is 1.44. The second-order valence-electron chi connectivity index (χ2n) is 4.79. The van der Waals surface area contributed by atoms with Crippen LogP contribution >= 0.6 is 0 Å². The van der Waals surface area contributed by atoms with E-state index in [1.807, 2.05) is 12.2 Å². The SMILES string of the molecule is CC(=O)c1ccc(OCC=CCOCC(C)C)cc1. The first kappa shape index (κ1) is 15.4. The van der Waals surface area contributed by atoms with Gasteiger partial charge in [0, 0.05) is 12.2 Å². The predicted molar refractivity (Wildman–Crippen MR) is 76.7 cm³/mol. The van der Waals surface area contributed by atoms with Crippen molar-refractivity contribution in [1.82, 2.24) is 0 Å². The highest BCUT2D eigenvalue weighted by atomic mass is 16.5. The Morgan fingerprint density at radius 2 is 1.79 bits per heavy atom. The molecule has 0 bridgehead atoms. The molecule has 0 saturated heterocycles. The van der Waals surface area contributed by atoms with Gasteiger partial charge in [0.25, 0.3) is 0 Å². The zero-order valence-corrected chi connectivity index (χ0v) is 11.9. The van der Waals surface area contributed by atoms with E-state index in [0.717, 1.165) is 12.4 Å². The van der Waals surface area contributed by atoms with Crippen LogP contribution in [0.15, 0.2) is 36.4 Å². The number of hydrogen-bond donors (Lipinski definition) is 0. The molecule has 0 amide bonds. The smallest absolute Gasteiger partial charge is 0.159 e. The number of hydrogen-bond acceptors (Lipinski definition) is 3. The molecule has 0 unspecified atom stereocenters. The van der Waals surface area contributed by atoms with Crippen molar-refractivity contribution >= 4 is 5.78 Å². The van der Waals surface area contributed by atoms with Crippen LogP contribution in [0, 0.1) is 5.92 Å². The lowest BCUT2D eigenvalue weighted by molar-refractivity contribution is 0.101. The number of rotatable bonds is 8. The van der Waals surface area contributed by atoms with E-state index in [0.29, 0.717) is 24.7 Å². The van der Waals surface area contributed by atoms with E-state index >= 15 is 0 Å². The van der Waals surface area contributed by atoms with Gasteiger partial charge in [-0.1, -0.05) is 19.9 Å². The maximum absolute atomic E-state index is 11.1. The monoisotopic (exact) mass is 262 g/mol. The van der Waals surface area contributed by atoms with Gasteiger partial charge >= 0.3 is 0 Å². The molecule has 104 valence electrons. The van der Waals surface area contributed by atoms with Crippen LogP contribution in [-0.2, 0) is 4.74 Å². The highest BCUT2D eigenvalue weighted by Crippen LogP contribution is 2.12. The molecule has 3 heteroatoms. The second kappa shape index (κ2) is 8.48. The maximum atomic E-state index is 11.1. The van der Waals surface area contributed by atoms with Gasteiger partial charge in [-0.2, -0.15) is 0 Å². The average Bonchev–Trinajstić information content (AvgIpc) is 2.38. The Balaban J connectivity index is 2.22. The summed E-state index contributed by atoms with van der Waals surface area (Å²) in [6.45, 7) is 7.69. The fraction of sp³-hybridized carbons (Fsp3) is 0.438. The van der Waals surface area contributed by atoms with Gasteiger partial charge in [-0.15, -0.1) is 0 Å². The molecule has 0 N–H and O–H groups in total. The van der Waals surface area contributed by atoms with Crippen molar-refractivity contribution < 1.29 is 14.3 Å². The first-order valence-electron chi connectivity index (χ1n) is 6.56. The Morgan fingerprint density at radius 3 is 2.37 bits per heavy atom. The molecule has 0 aliphatic rings. The first-order valence-corrected chi connectivity index (χ1v) is 6.56. The van der Waals surface area contributed by atoms with Crippen LogP contribution in [0.1, 0.15) is 31.1 Å². The molecule has 1 aromatic rings. The van der Waals surface area contributed by atoms with Gasteiger partial charge < -0.3 is 9.47 Å². The summed E-state index contributed by atoms with van der Waals surface area (Å²) in [5, 5.41) is 0. The van der Waals surface area contributed by atoms with Gasteiger partial charge in [0.05, 0.1) is 6.61 Å². The zero-order valence-electron chi connectivity index (χ0n) is 11.9. The third-order valence-corrected chi connectivity index (χ3v) is 2.44. The second-order valence-corrected chi connectivity index (χ2v) is 4.79. The number of carbonyl (C=O) groups is 1. The summed E-state index contributed by atoms with van der Waals surface area (Å²) in [6.07, 6.45) is 3.88. The number of benzene rings is 1. The summed E-state index contributed by atoms with van der Waals surface area (Å²) in [6, 6.07) is 7.15. The van der Waals surface area contributed by atoms with Crippen molar-refractivity contribution in [2.45, 2.75) is 20.8 Å². The quantitative estimate of drug-likeness (QED) is 0.408. The minimum Gasteiger partial charge on any atom is -0.490 e. The van der Waals surface area contributed by atoms with Crippen molar-refractivity contribution in [2.75, 3.05) is 19.8 Å². The molecule has 1 rings (SSSR count). The molecular weight excluding hydrogens is 240 g/mol. The predicted octanol–water partition coefficient (Wildman–Crippen LogP) is 3.50. The molecule has 0 radical (unpaired) electrons. The molecule has 19 heavy (non-hydrogen) atoms. The molecule has 0 heterocycles. The molecule has 0 fully saturated rings. The maximum Gasteiger partial charge on any atom is 0.159 e. The van der Waals surface area contributed by atoms with E-state index < -0.39 is 0 Å². The highest BCUT2D eigenvalue weighted by molar-refractivity contribution is 5.94. The van der Waals surface area contributed by atoms with Crippen LogP contribution in [0.5, 0.6) is 5.75 Å². The summed E-state index contributed by atoms with van der Waals surface area (Å²) in [7, 11) is 0. The van der Waals surface area contributed by atoms with E-state index in [9.17, 15) is 4.79 Å². The number of ketones is 1. The van der Waals surface area contributed by atoms with Crippen molar-refractivity contribution in [3.8, 4) is 5.75 Å². The zero-order chi connectivity index (χ0) is 14.1. The first-order chi connectivity index (χ1) is 9.09. The lowest BCUT2D eigenvalue weighted by Crippen LogP contribution is -2.01. The Kier molecular flexibility index (Phi) is 6.90. The number of ether oxygens (including phenoxy) is 2. The van der Waals surface area contributed by atoms with Crippen LogP contribution in [0.2, 0.25) is 0 Å². The topological polar surface area (TPSA) is 35.5 Å². The third kappa shape index (κ3) is 6.77. The molecule has 0 aliphatic heterocycles. The summed E-state index contributed by atoms with van der Waals surface area (Å²) in [4.78, 5) is 11.1. The minimum atomic E-state index is 0.0637. The van der Waals surface area contributed by atoms with Crippen molar-refractivity contribution in [3.05, 3.63) is 42.0 Å². The minimum absolute atomic E-state index is 0.0637. The van der Waals surface area contributed by atoms with Gasteiger partial charge in [0.15, 0.2) is 5.78 Å². The van der Waals surface area contributed by atoms with E-state index in [4.69, 9.17) is 9.47 Å². The lowest BCUT2D eigenvalue weighted by Gasteiger charge is -2.04. The average molecular weight is 262 g/mol. The van der Waals surface area contributed by atoms with Crippen molar-refractivity contribution in [3.63, 3.8) is 0 Å². The highest BCUT2D eigenvalue weighted by Gasteiger charge is 1.98. The van der Waals surface area contributed by atoms with E-state index in [1.54, 1.807) is 31.2 Å². The summed E-state index contributed by atoms with van der Waals surface area (Å²) >= 11 is 0. The van der Waals surface area contributed by atoms with Gasteiger partial charge in [-0.3, -0.25) is 4.79 Å². The van der Waals surface area contributed by atoms with Crippen LogP contribution in [-0.4, -0.2) is 25.6 Å². The van der Waals surface area contributed by atoms with Gasteiger partial charge in [0.2, 0.25) is 0 Å². The molecule has 0 spiro atoms. The van der Waals surface area contributed by atoms with E-state index in [2.05, 4.69) is 13.8 Å². The normalized spacial score (nSPS) is 11.2. The largest absolute Gasteiger partial charge is 0.490 e. The third-order valence-electron chi connectivity index (χ3n) is 2.44. The van der Waals surface area contributed by atoms with Gasteiger partial charge in [-0.05, 0) is 43.2 Å². The van der Waals surface area contributed by atoms with Gasteiger partial charge in [-0.25, -0.2) is 0 Å². The molecule has 1 aromatic carbocycles. The molecule has 0 atom stereocenters. The summed E-state index contributed by atoms with van der Waals surface area (Å²) < 4.78 is 10.9. The molecule has 0 aliphatic carbocycles. The molecule has 3 nitrogen and oxygen atoms in total. The molecule has 0 saturated carbocycles. The molecular formula is C16H22O3. The van der Waals surface area contributed by atoms with Crippen LogP contribution in [0.4, 0.5) is 0 Å². The lowest BCUT2D eigenvalue weighted by atomic mass is 10.1. The summed E-state index contributed by atoms with van der Waals surface area (Å²) in [5.74, 6) is 1.39. The number of Topliss-reactive ketones (excluding diaryl/α,β-unsaturated/α-hetero) is 1.